The summed E-state index contributed by atoms with van der Waals surface area (Å²) in [4.78, 5) is 23.8. The normalized spacial score (nSPS) is 11.0. The van der Waals surface area contributed by atoms with Gasteiger partial charge in [0.1, 0.15) is 6.54 Å². The summed E-state index contributed by atoms with van der Waals surface area (Å²) in [7, 11) is 0. The fourth-order valence-corrected chi connectivity index (χ4v) is 2.74. The number of hydrogen-bond acceptors (Lipinski definition) is 5. The van der Waals surface area contributed by atoms with E-state index in [0.29, 0.717) is 22.8 Å². The zero-order valence-corrected chi connectivity index (χ0v) is 13.8. The van der Waals surface area contributed by atoms with Crippen molar-refractivity contribution in [1.29, 1.82) is 0 Å². The lowest BCUT2D eigenvalue weighted by molar-refractivity contribution is -0.122. The van der Waals surface area contributed by atoms with Crippen molar-refractivity contribution in [3.05, 3.63) is 47.2 Å². The first-order chi connectivity index (χ1) is 11.5. The van der Waals surface area contributed by atoms with E-state index in [2.05, 4.69) is 20.6 Å². The third-order valence-corrected chi connectivity index (χ3v) is 3.85. The number of fused-ring (bicyclic) bond motifs is 1. The van der Waals surface area contributed by atoms with Gasteiger partial charge in [0.2, 0.25) is 5.91 Å². The van der Waals surface area contributed by atoms with Crippen LogP contribution in [-0.2, 0) is 17.9 Å². The minimum absolute atomic E-state index is 0.0495. The van der Waals surface area contributed by atoms with Crippen LogP contribution in [0.5, 0.6) is 0 Å². The molecule has 3 heterocycles. The molecule has 0 aliphatic carbocycles. The Morgan fingerprint density at radius 3 is 2.71 bits per heavy atom. The third kappa shape index (κ3) is 2.90. The van der Waals surface area contributed by atoms with Gasteiger partial charge >= 0.3 is 0 Å². The number of ketones is 1. The molecule has 1 amide bonds. The van der Waals surface area contributed by atoms with Gasteiger partial charge in [0, 0.05) is 11.9 Å². The Hall–Kier alpha value is -3.03. The SMILES string of the molecule is CC(=O)c1c(C)nn(CC(=O)NCc2nnc3ccccn23)c1C. The highest BCUT2D eigenvalue weighted by atomic mass is 16.2. The summed E-state index contributed by atoms with van der Waals surface area (Å²) in [5, 5.41) is 15.2. The average Bonchev–Trinajstić information content (AvgIpc) is 3.06. The van der Waals surface area contributed by atoms with Crippen LogP contribution >= 0.6 is 0 Å². The van der Waals surface area contributed by atoms with Crippen molar-refractivity contribution in [2.24, 2.45) is 0 Å². The van der Waals surface area contributed by atoms with Gasteiger partial charge in [-0.25, -0.2) is 0 Å². The molecule has 3 aromatic heterocycles. The van der Waals surface area contributed by atoms with Crippen LogP contribution < -0.4 is 5.32 Å². The molecular formula is C16H18N6O2. The lowest BCUT2D eigenvalue weighted by Crippen LogP contribution is -2.28. The molecule has 0 radical (unpaired) electrons. The Morgan fingerprint density at radius 2 is 2.00 bits per heavy atom. The number of nitrogens with zero attached hydrogens (tertiary/aromatic N) is 5. The molecule has 0 atom stereocenters. The van der Waals surface area contributed by atoms with Crippen molar-refractivity contribution < 1.29 is 9.59 Å². The Kier molecular flexibility index (Phi) is 4.11. The number of hydrogen-bond donors (Lipinski definition) is 1. The molecule has 0 bridgehead atoms. The molecule has 1 N–H and O–H groups in total. The van der Waals surface area contributed by atoms with Crippen LogP contribution in [0.25, 0.3) is 5.65 Å². The first kappa shape index (κ1) is 15.9. The molecular weight excluding hydrogens is 308 g/mol. The van der Waals surface area contributed by atoms with Crippen molar-refractivity contribution in [3.8, 4) is 0 Å². The summed E-state index contributed by atoms with van der Waals surface area (Å²) < 4.78 is 3.36. The summed E-state index contributed by atoms with van der Waals surface area (Å²) in [5.41, 5.74) is 2.64. The second-order valence-electron chi connectivity index (χ2n) is 5.58. The van der Waals surface area contributed by atoms with E-state index in [1.807, 2.05) is 28.8 Å². The predicted octanol–water partition coefficient (Wildman–Crippen LogP) is 1.06. The van der Waals surface area contributed by atoms with E-state index in [1.165, 1.54) is 6.92 Å². The Balaban J connectivity index is 1.68. The van der Waals surface area contributed by atoms with Crippen molar-refractivity contribution in [1.82, 2.24) is 29.7 Å². The van der Waals surface area contributed by atoms with E-state index in [-0.39, 0.29) is 24.8 Å². The molecule has 0 saturated heterocycles. The van der Waals surface area contributed by atoms with Gasteiger partial charge in [-0.3, -0.25) is 18.7 Å². The van der Waals surface area contributed by atoms with Gasteiger partial charge in [-0.05, 0) is 32.9 Å². The summed E-state index contributed by atoms with van der Waals surface area (Å²) in [6.07, 6.45) is 1.84. The van der Waals surface area contributed by atoms with E-state index in [0.717, 1.165) is 5.65 Å². The Bertz CT molecular complexity index is 924. The van der Waals surface area contributed by atoms with Crippen LogP contribution in [0, 0.1) is 13.8 Å². The average molecular weight is 326 g/mol. The molecule has 3 aromatic rings. The van der Waals surface area contributed by atoms with Crippen molar-refractivity contribution in [3.63, 3.8) is 0 Å². The van der Waals surface area contributed by atoms with Gasteiger partial charge in [0.15, 0.2) is 17.3 Å². The fourth-order valence-electron chi connectivity index (χ4n) is 2.74. The van der Waals surface area contributed by atoms with Gasteiger partial charge in [-0.15, -0.1) is 10.2 Å². The highest BCUT2D eigenvalue weighted by molar-refractivity contribution is 5.96. The number of nitrogens with one attached hydrogen (secondary N) is 1. The number of carbonyl (C=O) groups excluding carboxylic acids is 2. The molecule has 0 fully saturated rings. The maximum absolute atomic E-state index is 12.2. The molecule has 8 heteroatoms. The summed E-state index contributed by atoms with van der Waals surface area (Å²) in [6, 6.07) is 5.60. The number of aromatic nitrogens is 5. The van der Waals surface area contributed by atoms with Gasteiger partial charge in [0.05, 0.1) is 17.8 Å². The largest absolute Gasteiger partial charge is 0.347 e. The fraction of sp³-hybridized carbons (Fsp3) is 0.312. The number of rotatable bonds is 5. The second kappa shape index (κ2) is 6.23. The van der Waals surface area contributed by atoms with E-state index in [9.17, 15) is 9.59 Å². The molecule has 3 rings (SSSR count). The number of aryl methyl sites for hydroxylation is 1. The lowest BCUT2D eigenvalue weighted by Gasteiger charge is -2.06. The molecule has 0 saturated carbocycles. The van der Waals surface area contributed by atoms with Crippen LogP contribution in [0.4, 0.5) is 0 Å². The Labute approximate surface area is 138 Å². The van der Waals surface area contributed by atoms with Crippen LogP contribution in [0.15, 0.2) is 24.4 Å². The van der Waals surface area contributed by atoms with E-state index >= 15 is 0 Å². The first-order valence-corrected chi connectivity index (χ1v) is 7.57. The molecule has 124 valence electrons. The van der Waals surface area contributed by atoms with Crippen LogP contribution in [-0.4, -0.2) is 36.1 Å². The van der Waals surface area contributed by atoms with Crippen molar-refractivity contribution in [2.45, 2.75) is 33.9 Å². The minimum atomic E-state index is -0.205. The maximum atomic E-state index is 12.2. The molecule has 24 heavy (non-hydrogen) atoms. The van der Waals surface area contributed by atoms with Gasteiger partial charge in [-0.2, -0.15) is 5.10 Å². The molecule has 0 unspecified atom stereocenters. The predicted molar refractivity (Wildman–Crippen MR) is 86.5 cm³/mol. The van der Waals surface area contributed by atoms with E-state index in [1.54, 1.807) is 18.5 Å². The third-order valence-electron chi connectivity index (χ3n) is 3.85. The van der Waals surface area contributed by atoms with Crippen molar-refractivity contribution in [2.75, 3.05) is 0 Å². The standard InChI is InChI=1S/C16H18N6O2/c1-10-16(12(3)23)11(2)22(20-10)9-15(24)17-8-14-19-18-13-6-4-5-7-21(13)14/h4-7H,8-9H2,1-3H3,(H,17,24). The Morgan fingerprint density at radius 1 is 1.21 bits per heavy atom. The zero-order valence-electron chi connectivity index (χ0n) is 13.8. The minimum Gasteiger partial charge on any atom is -0.347 e. The smallest absolute Gasteiger partial charge is 0.242 e. The van der Waals surface area contributed by atoms with Crippen LogP contribution in [0.1, 0.15) is 34.5 Å². The van der Waals surface area contributed by atoms with Crippen molar-refractivity contribution >= 4 is 17.3 Å². The molecule has 8 nitrogen and oxygen atoms in total. The second-order valence-corrected chi connectivity index (χ2v) is 5.58. The van der Waals surface area contributed by atoms with Crippen LogP contribution in [0.2, 0.25) is 0 Å². The quantitative estimate of drug-likeness (QED) is 0.708. The van der Waals surface area contributed by atoms with Gasteiger partial charge < -0.3 is 5.32 Å². The van der Waals surface area contributed by atoms with E-state index in [4.69, 9.17) is 0 Å². The van der Waals surface area contributed by atoms with E-state index < -0.39 is 0 Å². The summed E-state index contributed by atoms with van der Waals surface area (Å²) in [5.74, 6) is 0.395. The topological polar surface area (TPSA) is 94.2 Å². The maximum Gasteiger partial charge on any atom is 0.242 e. The van der Waals surface area contributed by atoms with Gasteiger partial charge in [0.25, 0.3) is 0 Å². The van der Waals surface area contributed by atoms with Gasteiger partial charge in [-0.1, -0.05) is 6.07 Å². The zero-order chi connectivity index (χ0) is 17.3. The number of pyridine rings is 1. The highest BCUT2D eigenvalue weighted by Crippen LogP contribution is 2.13. The summed E-state index contributed by atoms with van der Waals surface area (Å²) in [6.45, 7) is 5.37. The molecule has 0 spiro atoms. The number of carbonyl (C=O) groups is 2. The number of Topliss-reactive ketones (excluding diaryl/α,β-unsaturated/α-hetero) is 1. The first-order valence-electron chi connectivity index (χ1n) is 7.57. The molecule has 0 aliphatic heterocycles. The van der Waals surface area contributed by atoms with Crippen LogP contribution in [0.3, 0.4) is 0 Å². The molecule has 0 aliphatic rings. The highest BCUT2D eigenvalue weighted by Gasteiger charge is 2.17. The monoisotopic (exact) mass is 326 g/mol. The summed E-state index contributed by atoms with van der Waals surface area (Å²) >= 11 is 0. The molecule has 0 aromatic carbocycles. The number of amides is 1. The lowest BCUT2D eigenvalue weighted by atomic mass is 10.1.